The Morgan fingerprint density at radius 2 is 1.81 bits per heavy atom. The molecule has 1 heterocycles. The zero-order chi connectivity index (χ0) is 19.0. The summed E-state index contributed by atoms with van der Waals surface area (Å²) in [7, 11) is 0. The van der Waals surface area contributed by atoms with Gasteiger partial charge in [0.15, 0.2) is 0 Å². The first-order valence-corrected chi connectivity index (χ1v) is 10.1. The SMILES string of the molecule is Cc1ccc(C(=O)N2C(=S)C(c3cccc(Cl)c3)=NC23CCCCC3)cc1. The highest BCUT2D eigenvalue weighted by Crippen LogP contribution is 2.41. The summed E-state index contributed by atoms with van der Waals surface area (Å²) in [5.41, 5.74) is 2.79. The highest BCUT2D eigenvalue weighted by Gasteiger charge is 2.48. The van der Waals surface area contributed by atoms with E-state index in [1.165, 1.54) is 6.42 Å². The van der Waals surface area contributed by atoms with Crippen LogP contribution >= 0.6 is 23.8 Å². The topological polar surface area (TPSA) is 32.7 Å². The summed E-state index contributed by atoms with van der Waals surface area (Å²) in [6, 6.07) is 15.2. The van der Waals surface area contributed by atoms with Crippen LogP contribution < -0.4 is 0 Å². The Hall–Kier alpha value is -2.04. The van der Waals surface area contributed by atoms with E-state index in [4.69, 9.17) is 28.8 Å². The summed E-state index contributed by atoms with van der Waals surface area (Å²) in [4.78, 5) is 20.7. The molecule has 0 bridgehead atoms. The van der Waals surface area contributed by atoms with Gasteiger partial charge in [0.1, 0.15) is 16.4 Å². The van der Waals surface area contributed by atoms with Gasteiger partial charge in [0.25, 0.3) is 5.91 Å². The first-order chi connectivity index (χ1) is 13.0. The molecule has 138 valence electrons. The van der Waals surface area contributed by atoms with Gasteiger partial charge in [-0.25, -0.2) is 0 Å². The summed E-state index contributed by atoms with van der Waals surface area (Å²) in [5.74, 6) is -0.0670. The fourth-order valence-corrected chi connectivity index (χ4v) is 4.59. The number of carbonyl (C=O) groups is 1. The summed E-state index contributed by atoms with van der Waals surface area (Å²) in [6.07, 6.45) is 4.95. The van der Waals surface area contributed by atoms with Crippen LogP contribution in [-0.2, 0) is 0 Å². The van der Waals surface area contributed by atoms with Crippen molar-refractivity contribution >= 4 is 40.4 Å². The third kappa shape index (κ3) is 3.32. The van der Waals surface area contributed by atoms with Crippen LogP contribution in [0.4, 0.5) is 0 Å². The normalized spacial score (nSPS) is 18.7. The summed E-state index contributed by atoms with van der Waals surface area (Å²) in [6.45, 7) is 2.01. The number of rotatable bonds is 2. The number of amides is 1. The monoisotopic (exact) mass is 396 g/mol. The number of aryl methyl sites for hydroxylation is 1. The fourth-order valence-electron chi connectivity index (χ4n) is 3.98. The molecule has 2 aromatic rings. The van der Waals surface area contributed by atoms with Gasteiger partial charge in [-0.1, -0.05) is 60.1 Å². The van der Waals surface area contributed by atoms with Crippen LogP contribution in [0.15, 0.2) is 53.5 Å². The van der Waals surface area contributed by atoms with Crippen molar-refractivity contribution in [3.05, 3.63) is 70.2 Å². The molecular weight excluding hydrogens is 376 g/mol. The summed E-state index contributed by atoms with van der Waals surface area (Å²) >= 11 is 12.0. The quantitative estimate of drug-likeness (QED) is 0.620. The molecule has 0 saturated heterocycles. The lowest BCUT2D eigenvalue weighted by molar-refractivity contribution is 0.0648. The second-order valence-electron chi connectivity index (χ2n) is 7.33. The summed E-state index contributed by atoms with van der Waals surface area (Å²) in [5, 5.41) is 0.638. The molecule has 2 aliphatic rings. The standard InChI is InChI=1S/C22H21ClN2OS/c1-15-8-10-16(11-9-15)20(26)25-21(27)19(17-6-5-7-18(23)14-17)24-22(25)12-3-2-4-13-22/h5-11,14H,2-4,12-13H2,1H3. The molecule has 0 atom stereocenters. The summed E-state index contributed by atoms with van der Waals surface area (Å²) < 4.78 is 0. The van der Waals surface area contributed by atoms with Gasteiger partial charge in [-0.05, 0) is 56.9 Å². The Balaban J connectivity index is 1.77. The van der Waals surface area contributed by atoms with Crippen molar-refractivity contribution in [2.24, 2.45) is 4.99 Å². The molecule has 1 saturated carbocycles. The molecule has 5 heteroatoms. The second-order valence-corrected chi connectivity index (χ2v) is 8.15. The van der Waals surface area contributed by atoms with Gasteiger partial charge in [-0.3, -0.25) is 14.7 Å². The van der Waals surface area contributed by atoms with Crippen LogP contribution in [0.3, 0.4) is 0 Å². The molecule has 27 heavy (non-hydrogen) atoms. The third-order valence-electron chi connectivity index (χ3n) is 5.40. The first-order valence-electron chi connectivity index (χ1n) is 9.32. The molecule has 3 nitrogen and oxygen atoms in total. The Bertz CT molecular complexity index is 930. The van der Waals surface area contributed by atoms with Crippen LogP contribution in [0, 0.1) is 6.92 Å². The van der Waals surface area contributed by atoms with E-state index in [2.05, 4.69) is 0 Å². The lowest BCUT2D eigenvalue weighted by atomic mass is 9.88. The molecular formula is C22H21ClN2OS. The van der Waals surface area contributed by atoms with Crippen molar-refractivity contribution in [1.29, 1.82) is 0 Å². The van der Waals surface area contributed by atoms with Crippen LogP contribution in [0.1, 0.15) is 53.6 Å². The van der Waals surface area contributed by atoms with E-state index in [1.54, 1.807) is 4.90 Å². The largest absolute Gasteiger partial charge is 0.271 e. The van der Waals surface area contributed by atoms with Crippen molar-refractivity contribution in [2.45, 2.75) is 44.7 Å². The molecule has 1 fully saturated rings. The van der Waals surface area contributed by atoms with Crippen LogP contribution in [-0.4, -0.2) is 27.2 Å². The van der Waals surface area contributed by atoms with E-state index in [9.17, 15) is 4.79 Å². The van der Waals surface area contributed by atoms with Crippen LogP contribution in [0.5, 0.6) is 0 Å². The number of hydrogen-bond acceptors (Lipinski definition) is 3. The van der Waals surface area contributed by atoms with Crippen molar-refractivity contribution < 1.29 is 4.79 Å². The Morgan fingerprint density at radius 1 is 1.11 bits per heavy atom. The Kier molecular flexibility index (Phi) is 4.87. The number of carbonyl (C=O) groups excluding carboxylic acids is 1. The maximum Gasteiger partial charge on any atom is 0.260 e. The third-order valence-corrected chi connectivity index (χ3v) is 6.01. The van der Waals surface area contributed by atoms with E-state index >= 15 is 0 Å². The molecule has 0 N–H and O–H groups in total. The predicted octanol–water partition coefficient (Wildman–Crippen LogP) is 5.58. The number of nitrogens with zero attached hydrogens (tertiary/aromatic N) is 2. The zero-order valence-corrected chi connectivity index (χ0v) is 16.8. The Labute approximate surface area is 170 Å². The van der Waals surface area contributed by atoms with Gasteiger partial charge < -0.3 is 0 Å². The number of benzene rings is 2. The Morgan fingerprint density at radius 3 is 2.48 bits per heavy atom. The number of hydrogen-bond donors (Lipinski definition) is 0. The fraction of sp³-hybridized carbons (Fsp3) is 0.318. The highest BCUT2D eigenvalue weighted by atomic mass is 35.5. The maximum atomic E-state index is 13.4. The smallest absolute Gasteiger partial charge is 0.260 e. The van der Waals surface area contributed by atoms with Gasteiger partial charge in [-0.15, -0.1) is 0 Å². The molecule has 4 rings (SSSR count). The first kappa shape index (κ1) is 18.3. The number of aliphatic imine (C=N–C) groups is 1. The molecule has 1 spiro atoms. The number of halogens is 1. The van der Waals surface area contributed by atoms with Crippen molar-refractivity contribution in [3.63, 3.8) is 0 Å². The zero-order valence-electron chi connectivity index (χ0n) is 15.2. The maximum absolute atomic E-state index is 13.4. The lowest BCUT2D eigenvalue weighted by Crippen LogP contribution is -2.50. The molecule has 0 unspecified atom stereocenters. The molecule has 2 aromatic carbocycles. The van der Waals surface area contributed by atoms with E-state index in [0.29, 0.717) is 21.3 Å². The molecule has 1 aliphatic heterocycles. The molecule has 1 amide bonds. The van der Waals surface area contributed by atoms with E-state index < -0.39 is 5.66 Å². The van der Waals surface area contributed by atoms with Crippen molar-refractivity contribution in [3.8, 4) is 0 Å². The second kappa shape index (κ2) is 7.17. The predicted molar refractivity (Wildman–Crippen MR) is 114 cm³/mol. The average Bonchev–Trinajstić information content (AvgIpc) is 2.94. The van der Waals surface area contributed by atoms with Gasteiger partial charge in [0.2, 0.25) is 0 Å². The van der Waals surface area contributed by atoms with E-state index in [1.807, 2.05) is 55.5 Å². The van der Waals surface area contributed by atoms with Gasteiger partial charge >= 0.3 is 0 Å². The number of thiocarbonyl (C=S) groups is 1. The minimum absolute atomic E-state index is 0.0670. The molecule has 0 radical (unpaired) electrons. The van der Waals surface area contributed by atoms with Crippen LogP contribution in [0.2, 0.25) is 5.02 Å². The van der Waals surface area contributed by atoms with E-state index in [0.717, 1.165) is 36.8 Å². The minimum Gasteiger partial charge on any atom is -0.271 e. The van der Waals surface area contributed by atoms with Gasteiger partial charge in [0.05, 0.1) is 0 Å². The van der Waals surface area contributed by atoms with Crippen molar-refractivity contribution in [1.82, 2.24) is 4.90 Å². The van der Waals surface area contributed by atoms with E-state index in [-0.39, 0.29) is 5.91 Å². The molecule has 0 aromatic heterocycles. The lowest BCUT2D eigenvalue weighted by Gasteiger charge is -2.38. The average molecular weight is 397 g/mol. The van der Waals surface area contributed by atoms with Crippen LogP contribution in [0.25, 0.3) is 0 Å². The van der Waals surface area contributed by atoms with Crippen molar-refractivity contribution in [2.75, 3.05) is 0 Å². The molecule has 1 aliphatic carbocycles. The minimum atomic E-state index is -0.561. The van der Waals surface area contributed by atoms with Gasteiger partial charge in [-0.2, -0.15) is 0 Å². The highest BCUT2D eigenvalue weighted by molar-refractivity contribution is 7.82. The van der Waals surface area contributed by atoms with Gasteiger partial charge in [0, 0.05) is 16.1 Å².